The Morgan fingerprint density at radius 1 is 0.917 bits per heavy atom. The van der Waals surface area contributed by atoms with E-state index in [2.05, 4.69) is 44.1 Å². The number of hydrogen-bond acceptors (Lipinski definition) is 3. The third-order valence-corrected chi connectivity index (χ3v) is 6.87. The Hall–Kier alpha value is -2.64. The molecule has 0 saturated carbocycles. The smallest absolute Gasteiger partial charge is 0.261 e. The Bertz CT molecular complexity index is 1150. The van der Waals surface area contributed by atoms with Gasteiger partial charge in [0.2, 0.25) is 5.91 Å². The Balaban J connectivity index is 1.90. The fraction of sp³-hybridized carbons (Fsp3) is 0.310. The van der Waals surface area contributed by atoms with Crippen molar-refractivity contribution in [3.05, 3.63) is 98.4 Å². The summed E-state index contributed by atoms with van der Waals surface area (Å²) in [5, 5.41) is 3.00. The first-order valence-electron chi connectivity index (χ1n) is 12.1. The van der Waals surface area contributed by atoms with Crippen LogP contribution in [0.5, 0.6) is 5.75 Å². The third-order valence-electron chi connectivity index (χ3n) is 5.72. The Morgan fingerprint density at radius 2 is 1.58 bits per heavy atom. The summed E-state index contributed by atoms with van der Waals surface area (Å²) in [6, 6.07) is 22.6. The molecule has 190 valence electrons. The molecule has 0 bridgehead atoms. The Labute approximate surface area is 230 Å². The molecule has 7 heteroatoms. The molecule has 1 atom stereocenters. The molecule has 0 radical (unpaired) electrons. The van der Waals surface area contributed by atoms with Crippen LogP contribution in [0.2, 0.25) is 0 Å². The van der Waals surface area contributed by atoms with Crippen LogP contribution in [0.15, 0.2) is 81.7 Å². The molecule has 0 fully saturated rings. The van der Waals surface area contributed by atoms with E-state index in [1.807, 2.05) is 86.6 Å². The van der Waals surface area contributed by atoms with E-state index < -0.39 is 6.04 Å². The predicted octanol–water partition coefficient (Wildman–Crippen LogP) is 6.32. The summed E-state index contributed by atoms with van der Waals surface area (Å²) < 4.78 is 7.67. The standard InChI is InChI=1S/C29H32Br2N2O3/c1-4-21-12-15-27(25(31)16-21)36-19-28(34)33(18-23-10-13-24(30)14-11-23)26(29(35)32-20(2)3)17-22-8-6-5-7-9-22/h5-16,20,26H,4,17-19H2,1-3H3,(H,32,35). The molecule has 0 aromatic heterocycles. The summed E-state index contributed by atoms with van der Waals surface area (Å²) in [6.07, 6.45) is 1.31. The summed E-state index contributed by atoms with van der Waals surface area (Å²) in [4.78, 5) is 28.7. The number of benzene rings is 3. The largest absolute Gasteiger partial charge is 0.483 e. The topological polar surface area (TPSA) is 58.6 Å². The van der Waals surface area contributed by atoms with Crippen LogP contribution in [0.3, 0.4) is 0 Å². The molecule has 0 heterocycles. The van der Waals surface area contributed by atoms with Gasteiger partial charge in [0, 0.05) is 23.5 Å². The molecule has 3 aromatic rings. The lowest BCUT2D eigenvalue weighted by Crippen LogP contribution is -2.52. The third kappa shape index (κ3) is 8.20. The molecule has 2 amide bonds. The minimum atomic E-state index is -0.694. The summed E-state index contributed by atoms with van der Waals surface area (Å²) in [5.74, 6) is 0.146. The first-order valence-corrected chi connectivity index (χ1v) is 13.6. The molecule has 3 rings (SSSR count). The fourth-order valence-corrected chi connectivity index (χ4v) is 4.63. The van der Waals surface area contributed by atoms with Gasteiger partial charge in [-0.05, 0) is 77.2 Å². The second-order valence-electron chi connectivity index (χ2n) is 8.92. The van der Waals surface area contributed by atoms with Gasteiger partial charge in [0.1, 0.15) is 11.8 Å². The van der Waals surface area contributed by atoms with Gasteiger partial charge in [-0.25, -0.2) is 0 Å². The zero-order chi connectivity index (χ0) is 26.1. The molecule has 1 N–H and O–H groups in total. The zero-order valence-corrected chi connectivity index (χ0v) is 24.0. The van der Waals surface area contributed by atoms with Gasteiger partial charge in [0.15, 0.2) is 6.61 Å². The quantitative estimate of drug-likeness (QED) is 0.275. The normalized spacial score (nSPS) is 11.7. The van der Waals surface area contributed by atoms with Crippen LogP contribution in [0.1, 0.15) is 37.5 Å². The number of nitrogens with zero attached hydrogens (tertiary/aromatic N) is 1. The van der Waals surface area contributed by atoms with Crippen molar-refractivity contribution in [2.75, 3.05) is 6.61 Å². The molecule has 36 heavy (non-hydrogen) atoms. The SMILES string of the molecule is CCc1ccc(OCC(=O)N(Cc2ccc(Br)cc2)C(Cc2ccccc2)C(=O)NC(C)C)c(Br)c1. The van der Waals surface area contributed by atoms with Crippen molar-refractivity contribution in [1.29, 1.82) is 0 Å². The van der Waals surface area contributed by atoms with E-state index in [0.717, 1.165) is 26.5 Å². The summed E-state index contributed by atoms with van der Waals surface area (Å²) >= 11 is 7.00. The molecule has 0 aliphatic rings. The van der Waals surface area contributed by atoms with Crippen LogP contribution in [0.25, 0.3) is 0 Å². The fourth-order valence-electron chi connectivity index (χ4n) is 3.82. The number of halogens is 2. The number of hydrogen-bond donors (Lipinski definition) is 1. The minimum Gasteiger partial charge on any atom is -0.483 e. The average Bonchev–Trinajstić information content (AvgIpc) is 2.86. The van der Waals surface area contributed by atoms with Gasteiger partial charge in [-0.2, -0.15) is 0 Å². The Morgan fingerprint density at radius 3 is 2.19 bits per heavy atom. The molecule has 0 aliphatic heterocycles. The van der Waals surface area contributed by atoms with E-state index >= 15 is 0 Å². The van der Waals surface area contributed by atoms with Crippen molar-refractivity contribution < 1.29 is 14.3 Å². The first kappa shape index (κ1) is 27.9. The molecular weight excluding hydrogens is 584 g/mol. The van der Waals surface area contributed by atoms with Crippen LogP contribution in [-0.2, 0) is 29.0 Å². The Kier molecular flexibility index (Phi) is 10.6. The zero-order valence-electron chi connectivity index (χ0n) is 20.8. The molecule has 0 saturated heterocycles. The van der Waals surface area contributed by atoms with Crippen molar-refractivity contribution in [3.63, 3.8) is 0 Å². The summed E-state index contributed by atoms with van der Waals surface area (Å²) in [5.41, 5.74) is 3.08. The number of nitrogens with one attached hydrogen (secondary N) is 1. The lowest BCUT2D eigenvalue weighted by Gasteiger charge is -2.32. The van der Waals surface area contributed by atoms with E-state index in [0.29, 0.717) is 12.2 Å². The van der Waals surface area contributed by atoms with Gasteiger partial charge < -0.3 is 15.0 Å². The van der Waals surface area contributed by atoms with E-state index in [9.17, 15) is 9.59 Å². The van der Waals surface area contributed by atoms with Crippen molar-refractivity contribution >= 4 is 43.7 Å². The van der Waals surface area contributed by atoms with Gasteiger partial charge in [0.25, 0.3) is 5.91 Å². The summed E-state index contributed by atoms with van der Waals surface area (Å²) in [7, 11) is 0. The van der Waals surface area contributed by atoms with Crippen LogP contribution in [-0.4, -0.2) is 35.4 Å². The maximum absolute atomic E-state index is 13.6. The highest BCUT2D eigenvalue weighted by atomic mass is 79.9. The van der Waals surface area contributed by atoms with Crippen molar-refractivity contribution in [2.24, 2.45) is 0 Å². The molecule has 5 nitrogen and oxygen atoms in total. The lowest BCUT2D eigenvalue weighted by molar-refractivity contribution is -0.143. The number of carbonyl (C=O) groups is 2. The van der Waals surface area contributed by atoms with Crippen LogP contribution >= 0.6 is 31.9 Å². The van der Waals surface area contributed by atoms with E-state index in [1.165, 1.54) is 5.56 Å². The van der Waals surface area contributed by atoms with Gasteiger partial charge in [-0.3, -0.25) is 9.59 Å². The van der Waals surface area contributed by atoms with Gasteiger partial charge in [-0.15, -0.1) is 0 Å². The lowest BCUT2D eigenvalue weighted by atomic mass is 10.0. The highest BCUT2D eigenvalue weighted by molar-refractivity contribution is 9.10. The average molecular weight is 616 g/mol. The van der Waals surface area contributed by atoms with Crippen LogP contribution < -0.4 is 10.1 Å². The second kappa shape index (κ2) is 13.6. The van der Waals surface area contributed by atoms with E-state index in [4.69, 9.17) is 4.74 Å². The monoisotopic (exact) mass is 614 g/mol. The molecule has 0 spiro atoms. The second-order valence-corrected chi connectivity index (χ2v) is 10.7. The van der Waals surface area contributed by atoms with Gasteiger partial charge in [0.05, 0.1) is 4.47 Å². The molecule has 0 aliphatic carbocycles. The molecule has 3 aromatic carbocycles. The molecular formula is C29H32Br2N2O3. The van der Waals surface area contributed by atoms with Gasteiger partial charge in [-0.1, -0.05) is 71.4 Å². The maximum atomic E-state index is 13.6. The number of ether oxygens (including phenoxy) is 1. The number of carbonyl (C=O) groups excluding carboxylic acids is 2. The number of rotatable bonds is 11. The van der Waals surface area contributed by atoms with Crippen LogP contribution in [0, 0.1) is 0 Å². The molecule has 1 unspecified atom stereocenters. The highest BCUT2D eigenvalue weighted by Gasteiger charge is 2.31. The predicted molar refractivity (Wildman–Crippen MR) is 151 cm³/mol. The van der Waals surface area contributed by atoms with Crippen molar-refractivity contribution in [1.82, 2.24) is 10.2 Å². The van der Waals surface area contributed by atoms with Gasteiger partial charge >= 0.3 is 0 Å². The van der Waals surface area contributed by atoms with E-state index in [1.54, 1.807) is 4.90 Å². The summed E-state index contributed by atoms with van der Waals surface area (Å²) in [6.45, 7) is 6.02. The minimum absolute atomic E-state index is 0.0512. The maximum Gasteiger partial charge on any atom is 0.261 e. The first-order chi connectivity index (χ1) is 17.3. The van der Waals surface area contributed by atoms with Crippen molar-refractivity contribution in [3.8, 4) is 5.75 Å². The van der Waals surface area contributed by atoms with Crippen LogP contribution in [0.4, 0.5) is 0 Å². The van der Waals surface area contributed by atoms with E-state index in [-0.39, 0.29) is 31.0 Å². The highest BCUT2D eigenvalue weighted by Crippen LogP contribution is 2.26. The number of amides is 2. The van der Waals surface area contributed by atoms with Crippen molar-refractivity contribution in [2.45, 2.75) is 52.2 Å². The number of aryl methyl sites for hydroxylation is 1.